The van der Waals surface area contributed by atoms with Crippen molar-refractivity contribution in [3.63, 3.8) is 0 Å². The predicted molar refractivity (Wildman–Crippen MR) is 169 cm³/mol. The molecule has 0 unspecified atom stereocenters. The molecule has 4 rings (SSSR count). The summed E-state index contributed by atoms with van der Waals surface area (Å²) in [6.45, 7) is 8.02. The van der Waals surface area contributed by atoms with Gasteiger partial charge < -0.3 is 10.2 Å². The van der Waals surface area contributed by atoms with Gasteiger partial charge in [-0.2, -0.15) is 5.10 Å². The first-order chi connectivity index (χ1) is 20.0. The van der Waals surface area contributed by atoms with Gasteiger partial charge in [-0.1, -0.05) is 91.9 Å². The van der Waals surface area contributed by atoms with E-state index in [1.165, 1.54) is 0 Å². The van der Waals surface area contributed by atoms with Crippen LogP contribution >= 0.6 is 0 Å². The fraction of sp³-hybridized carbons (Fsp3) is 0.171. The highest BCUT2D eigenvalue weighted by Gasteiger charge is 2.15. The highest BCUT2D eigenvalue weighted by Crippen LogP contribution is 2.20. The maximum Gasteiger partial charge on any atom is 0.287 e. The number of anilines is 1. The van der Waals surface area contributed by atoms with Crippen LogP contribution in [0.2, 0.25) is 0 Å². The molecule has 0 aliphatic rings. The molecule has 0 bridgehead atoms. The Labute approximate surface area is 242 Å². The normalized spacial score (nSPS) is 11.6. The average Bonchev–Trinajstić information content (AvgIpc) is 3.03. The Morgan fingerprint density at radius 1 is 0.707 bits per heavy atom. The summed E-state index contributed by atoms with van der Waals surface area (Å²) >= 11 is 0. The first kappa shape index (κ1) is 29.0. The number of hydrogen-bond donors (Lipinski definition) is 2. The maximum absolute atomic E-state index is 13.4. The van der Waals surface area contributed by atoms with Crippen molar-refractivity contribution >= 4 is 29.3 Å². The van der Waals surface area contributed by atoms with E-state index in [4.69, 9.17) is 0 Å². The lowest BCUT2D eigenvalue weighted by Gasteiger charge is -2.21. The Morgan fingerprint density at radius 3 is 1.88 bits per heavy atom. The van der Waals surface area contributed by atoms with Gasteiger partial charge in [-0.25, -0.2) is 5.43 Å². The molecule has 0 atom stereocenters. The number of rotatable bonds is 11. The van der Waals surface area contributed by atoms with Crippen LogP contribution in [0.1, 0.15) is 48.7 Å². The van der Waals surface area contributed by atoms with Crippen molar-refractivity contribution in [2.24, 2.45) is 5.10 Å². The van der Waals surface area contributed by atoms with Gasteiger partial charge in [0.1, 0.15) is 5.70 Å². The summed E-state index contributed by atoms with van der Waals surface area (Å²) in [6.07, 6.45) is 2.28. The van der Waals surface area contributed by atoms with Crippen molar-refractivity contribution in [1.29, 1.82) is 0 Å². The van der Waals surface area contributed by atoms with E-state index < -0.39 is 5.91 Å². The van der Waals surface area contributed by atoms with E-state index in [-0.39, 0.29) is 11.6 Å². The van der Waals surface area contributed by atoms with E-state index in [0.717, 1.165) is 46.7 Å². The summed E-state index contributed by atoms with van der Waals surface area (Å²) in [5.74, 6) is -0.878. The van der Waals surface area contributed by atoms with Gasteiger partial charge in [-0.05, 0) is 72.9 Å². The third kappa shape index (κ3) is 7.79. The minimum atomic E-state index is -0.506. The number of benzene rings is 4. The van der Waals surface area contributed by atoms with Crippen LogP contribution in [0, 0.1) is 0 Å². The minimum Gasteiger partial charge on any atom is -0.372 e. The van der Waals surface area contributed by atoms with Gasteiger partial charge >= 0.3 is 0 Å². The Bertz CT molecular complexity index is 1490. The van der Waals surface area contributed by atoms with Crippen LogP contribution in [0.15, 0.2) is 120 Å². The van der Waals surface area contributed by atoms with Crippen molar-refractivity contribution in [2.45, 2.75) is 27.2 Å². The molecule has 6 nitrogen and oxygen atoms in total. The van der Waals surface area contributed by atoms with Gasteiger partial charge in [0.15, 0.2) is 0 Å². The van der Waals surface area contributed by atoms with Gasteiger partial charge in [0.2, 0.25) is 0 Å². The Kier molecular flexibility index (Phi) is 10.2. The minimum absolute atomic E-state index is 0.105. The zero-order valence-corrected chi connectivity index (χ0v) is 23.8. The van der Waals surface area contributed by atoms with Crippen LogP contribution in [0.5, 0.6) is 0 Å². The summed E-state index contributed by atoms with van der Waals surface area (Å²) < 4.78 is 0. The number of nitrogens with zero attached hydrogens (tertiary/aromatic N) is 2. The van der Waals surface area contributed by atoms with Crippen LogP contribution in [0.4, 0.5) is 5.69 Å². The molecule has 208 valence electrons. The van der Waals surface area contributed by atoms with Gasteiger partial charge in [-0.3, -0.25) is 9.59 Å². The number of carbonyl (C=O) groups is 2. The first-order valence-corrected chi connectivity index (χ1v) is 14.0. The molecule has 0 aromatic heterocycles. The molecule has 2 N–H and O–H groups in total. The lowest BCUT2D eigenvalue weighted by Crippen LogP contribution is -2.33. The molecule has 0 saturated heterocycles. The summed E-state index contributed by atoms with van der Waals surface area (Å²) in [5.41, 5.74) is 9.00. The van der Waals surface area contributed by atoms with E-state index in [0.29, 0.717) is 12.0 Å². The van der Waals surface area contributed by atoms with Crippen LogP contribution < -0.4 is 15.6 Å². The Morgan fingerprint density at radius 2 is 1.29 bits per heavy atom. The van der Waals surface area contributed by atoms with Crippen LogP contribution in [0.3, 0.4) is 0 Å². The molecule has 2 amide bonds. The topological polar surface area (TPSA) is 73.8 Å². The standard InChI is InChI=1S/C35H36N4O2/c1-4-32(29-21-19-28(20-22-29)27-13-9-7-10-14-27)37-38-35(41)33(36-34(40)30-15-11-8-12-16-30)25-26-17-23-31(24-18-26)39(5-2)6-3/h7-25H,4-6H2,1-3H3,(H,36,40)(H,38,41)/b33-25-,37-32?. The molecular formula is C35H36N4O2. The number of carbonyl (C=O) groups excluding carboxylic acids is 2. The monoisotopic (exact) mass is 544 g/mol. The third-order valence-electron chi connectivity index (χ3n) is 6.81. The highest BCUT2D eigenvalue weighted by molar-refractivity contribution is 6.06. The lowest BCUT2D eigenvalue weighted by molar-refractivity contribution is -0.117. The molecular weight excluding hydrogens is 508 g/mol. The molecule has 0 saturated carbocycles. The second kappa shape index (κ2) is 14.4. The van der Waals surface area contributed by atoms with Crippen LogP contribution in [0.25, 0.3) is 17.2 Å². The van der Waals surface area contributed by atoms with Gasteiger partial charge in [-0.15, -0.1) is 0 Å². The van der Waals surface area contributed by atoms with Crippen molar-refractivity contribution in [3.8, 4) is 11.1 Å². The molecule has 4 aromatic rings. The molecule has 4 aromatic carbocycles. The van der Waals surface area contributed by atoms with Gasteiger partial charge in [0, 0.05) is 24.3 Å². The van der Waals surface area contributed by atoms with Gasteiger partial charge in [0.25, 0.3) is 11.8 Å². The average molecular weight is 545 g/mol. The number of hydrogen-bond acceptors (Lipinski definition) is 4. The Balaban J connectivity index is 1.57. The van der Waals surface area contributed by atoms with E-state index in [2.05, 4.69) is 46.7 Å². The highest BCUT2D eigenvalue weighted by atomic mass is 16.2. The molecule has 6 heteroatoms. The fourth-order valence-corrected chi connectivity index (χ4v) is 4.49. The second-order valence-corrected chi connectivity index (χ2v) is 9.44. The molecule has 0 aliphatic heterocycles. The molecule has 41 heavy (non-hydrogen) atoms. The van der Waals surface area contributed by atoms with E-state index in [1.807, 2.05) is 79.7 Å². The molecule has 0 heterocycles. The fourth-order valence-electron chi connectivity index (χ4n) is 4.49. The lowest BCUT2D eigenvalue weighted by atomic mass is 10.0. The zero-order valence-electron chi connectivity index (χ0n) is 23.8. The van der Waals surface area contributed by atoms with Crippen LogP contribution in [-0.4, -0.2) is 30.6 Å². The zero-order chi connectivity index (χ0) is 29.0. The summed E-state index contributed by atoms with van der Waals surface area (Å²) in [6, 6.07) is 35.0. The van der Waals surface area contributed by atoms with E-state index in [9.17, 15) is 9.59 Å². The smallest absolute Gasteiger partial charge is 0.287 e. The molecule has 0 radical (unpaired) electrons. The Hall–Kier alpha value is -4.97. The third-order valence-corrected chi connectivity index (χ3v) is 6.81. The van der Waals surface area contributed by atoms with Gasteiger partial charge in [0.05, 0.1) is 5.71 Å². The number of amides is 2. The molecule has 0 spiro atoms. The molecule has 0 aliphatic carbocycles. The predicted octanol–water partition coefficient (Wildman–Crippen LogP) is 6.90. The first-order valence-electron chi connectivity index (χ1n) is 14.0. The summed E-state index contributed by atoms with van der Waals surface area (Å²) in [5, 5.41) is 7.21. The maximum atomic E-state index is 13.4. The SMILES string of the molecule is CCC(=NNC(=O)/C(=C/c1ccc(N(CC)CC)cc1)NC(=O)c1ccccc1)c1ccc(-c2ccccc2)cc1. The quantitative estimate of drug-likeness (QED) is 0.123. The van der Waals surface area contributed by atoms with Crippen molar-refractivity contribution in [2.75, 3.05) is 18.0 Å². The number of nitrogens with one attached hydrogen (secondary N) is 2. The van der Waals surface area contributed by atoms with E-state index in [1.54, 1.807) is 30.3 Å². The van der Waals surface area contributed by atoms with E-state index >= 15 is 0 Å². The van der Waals surface area contributed by atoms with Crippen molar-refractivity contribution in [3.05, 3.63) is 132 Å². The molecule has 0 fully saturated rings. The van der Waals surface area contributed by atoms with Crippen LogP contribution in [-0.2, 0) is 4.79 Å². The number of hydrazone groups is 1. The summed E-state index contributed by atoms with van der Waals surface area (Å²) in [7, 11) is 0. The van der Waals surface area contributed by atoms with Crippen molar-refractivity contribution in [1.82, 2.24) is 10.7 Å². The largest absolute Gasteiger partial charge is 0.372 e. The van der Waals surface area contributed by atoms with Crippen molar-refractivity contribution < 1.29 is 9.59 Å². The summed E-state index contributed by atoms with van der Waals surface area (Å²) in [4.78, 5) is 28.6. The second-order valence-electron chi connectivity index (χ2n) is 9.44.